The van der Waals surface area contributed by atoms with Gasteiger partial charge in [-0.15, -0.1) is 0 Å². The SMILES string of the molecule is CC(O)(CNC(=O)Cc1ccc(F)cc1)CN1CCOCC1. The van der Waals surface area contributed by atoms with E-state index in [0.29, 0.717) is 19.8 Å². The molecule has 1 amide bonds. The zero-order valence-corrected chi connectivity index (χ0v) is 12.8. The van der Waals surface area contributed by atoms with Crippen LogP contribution in [0.2, 0.25) is 0 Å². The summed E-state index contributed by atoms with van der Waals surface area (Å²) < 4.78 is 18.1. The molecule has 1 saturated heterocycles. The van der Waals surface area contributed by atoms with Gasteiger partial charge in [0.2, 0.25) is 5.91 Å². The summed E-state index contributed by atoms with van der Waals surface area (Å²) in [6.07, 6.45) is 0.175. The van der Waals surface area contributed by atoms with Gasteiger partial charge in [-0.1, -0.05) is 12.1 Å². The van der Waals surface area contributed by atoms with E-state index in [9.17, 15) is 14.3 Å². The quantitative estimate of drug-likeness (QED) is 0.806. The van der Waals surface area contributed by atoms with E-state index in [1.165, 1.54) is 12.1 Å². The molecule has 1 aliphatic rings. The number of nitrogens with zero attached hydrogens (tertiary/aromatic N) is 1. The third-order valence-electron chi connectivity index (χ3n) is 3.61. The summed E-state index contributed by atoms with van der Waals surface area (Å²) in [7, 11) is 0. The fraction of sp³-hybridized carbons (Fsp3) is 0.562. The van der Waals surface area contributed by atoms with Crippen molar-refractivity contribution in [2.75, 3.05) is 39.4 Å². The molecule has 1 aromatic rings. The van der Waals surface area contributed by atoms with E-state index >= 15 is 0 Å². The van der Waals surface area contributed by atoms with Gasteiger partial charge in [0.05, 0.1) is 25.2 Å². The lowest BCUT2D eigenvalue weighted by molar-refractivity contribution is -0.121. The van der Waals surface area contributed by atoms with Crippen molar-refractivity contribution in [1.29, 1.82) is 0 Å². The first-order valence-corrected chi connectivity index (χ1v) is 7.48. The molecular formula is C16H23FN2O3. The van der Waals surface area contributed by atoms with Gasteiger partial charge in [0.25, 0.3) is 0 Å². The van der Waals surface area contributed by atoms with Gasteiger partial charge >= 0.3 is 0 Å². The van der Waals surface area contributed by atoms with E-state index in [1.54, 1.807) is 19.1 Å². The molecule has 2 N–H and O–H groups in total. The topological polar surface area (TPSA) is 61.8 Å². The smallest absolute Gasteiger partial charge is 0.224 e. The lowest BCUT2D eigenvalue weighted by Gasteiger charge is -2.33. The summed E-state index contributed by atoms with van der Waals surface area (Å²) in [5.41, 5.74) is -0.248. The molecule has 1 aliphatic heterocycles. The second-order valence-corrected chi connectivity index (χ2v) is 5.97. The Morgan fingerprint density at radius 2 is 2.00 bits per heavy atom. The molecule has 0 aliphatic carbocycles. The lowest BCUT2D eigenvalue weighted by atomic mass is 10.1. The van der Waals surface area contributed by atoms with Crippen LogP contribution in [0.3, 0.4) is 0 Å². The monoisotopic (exact) mass is 310 g/mol. The highest BCUT2D eigenvalue weighted by molar-refractivity contribution is 5.78. The van der Waals surface area contributed by atoms with E-state index < -0.39 is 5.60 Å². The van der Waals surface area contributed by atoms with Crippen molar-refractivity contribution in [3.8, 4) is 0 Å². The highest BCUT2D eigenvalue weighted by Gasteiger charge is 2.25. The Morgan fingerprint density at radius 1 is 1.36 bits per heavy atom. The predicted octanol–water partition coefficient (Wildman–Crippen LogP) is 0.568. The predicted molar refractivity (Wildman–Crippen MR) is 81.0 cm³/mol. The fourth-order valence-electron chi connectivity index (χ4n) is 2.44. The van der Waals surface area contributed by atoms with Gasteiger partial charge in [0.1, 0.15) is 5.82 Å². The zero-order chi connectivity index (χ0) is 16.0. The number of hydrogen-bond donors (Lipinski definition) is 2. The molecule has 0 saturated carbocycles. The molecule has 1 fully saturated rings. The van der Waals surface area contributed by atoms with Crippen LogP contribution < -0.4 is 5.32 Å². The minimum atomic E-state index is -0.990. The molecule has 1 heterocycles. The first kappa shape index (κ1) is 16.9. The summed E-state index contributed by atoms with van der Waals surface area (Å²) in [5, 5.41) is 13.1. The Morgan fingerprint density at radius 3 is 2.64 bits per heavy atom. The summed E-state index contributed by atoms with van der Waals surface area (Å²) in [4.78, 5) is 14.0. The molecule has 6 heteroatoms. The van der Waals surface area contributed by atoms with E-state index in [4.69, 9.17) is 4.74 Å². The number of β-amino-alcohol motifs (C(OH)–C–C–N with tert-alkyl or cyclic N) is 1. The van der Waals surface area contributed by atoms with Crippen LogP contribution in [0.5, 0.6) is 0 Å². The van der Waals surface area contributed by atoms with Gasteiger partial charge in [-0.3, -0.25) is 9.69 Å². The molecule has 0 radical (unpaired) electrons. The number of benzene rings is 1. The van der Waals surface area contributed by atoms with Gasteiger partial charge < -0.3 is 15.2 Å². The zero-order valence-electron chi connectivity index (χ0n) is 12.8. The molecule has 1 aromatic carbocycles. The normalized spacial score (nSPS) is 18.7. The fourth-order valence-corrected chi connectivity index (χ4v) is 2.44. The molecule has 2 rings (SSSR count). The van der Waals surface area contributed by atoms with Crippen LogP contribution in [0, 0.1) is 5.82 Å². The van der Waals surface area contributed by atoms with Gasteiger partial charge in [0, 0.05) is 26.2 Å². The molecule has 0 aromatic heterocycles. The standard InChI is InChI=1S/C16H23FN2O3/c1-16(21,12-19-6-8-22-9-7-19)11-18-15(20)10-13-2-4-14(17)5-3-13/h2-5,21H,6-12H2,1H3,(H,18,20). The van der Waals surface area contributed by atoms with Gasteiger partial charge in [-0.25, -0.2) is 4.39 Å². The first-order valence-electron chi connectivity index (χ1n) is 7.48. The number of rotatable bonds is 6. The van der Waals surface area contributed by atoms with Crippen LogP contribution in [0.25, 0.3) is 0 Å². The van der Waals surface area contributed by atoms with Gasteiger partial charge in [-0.05, 0) is 24.6 Å². The second-order valence-electron chi connectivity index (χ2n) is 5.97. The van der Waals surface area contributed by atoms with Crippen LogP contribution in [0.4, 0.5) is 4.39 Å². The van der Waals surface area contributed by atoms with Crippen LogP contribution in [-0.4, -0.2) is 60.9 Å². The van der Waals surface area contributed by atoms with Crippen LogP contribution in [-0.2, 0) is 16.0 Å². The average molecular weight is 310 g/mol. The van der Waals surface area contributed by atoms with Crippen molar-refractivity contribution in [3.63, 3.8) is 0 Å². The minimum absolute atomic E-state index is 0.175. The number of halogens is 1. The third kappa shape index (κ3) is 5.71. The maximum absolute atomic E-state index is 12.8. The molecule has 122 valence electrons. The molecule has 1 unspecified atom stereocenters. The number of amides is 1. The lowest BCUT2D eigenvalue weighted by Crippen LogP contribution is -2.51. The van der Waals surface area contributed by atoms with E-state index in [0.717, 1.165) is 18.7 Å². The van der Waals surface area contributed by atoms with Crippen molar-refractivity contribution in [2.24, 2.45) is 0 Å². The van der Waals surface area contributed by atoms with Crippen LogP contribution in [0.1, 0.15) is 12.5 Å². The minimum Gasteiger partial charge on any atom is -0.387 e. The summed E-state index contributed by atoms with van der Waals surface area (Å²) in [6.45, 7) is 5.32. The number of hydrogen-bond acceptors (Lipinski definition) is 4. The van der Waals surface area contributed by atoms with Gasteiger partial charge in [0.15, 0.2) is 0 Å². The first-order chi connectivity index (χ1) is 10.4. The molecular weight excluding hydrogens is 287 g/mol. The van der Waals surface area contributed by atoms with Crippen molar-refractivity contribution in [2.45, 2.75) is 18.9 Å². The van der Waals surface area contributed by atoms with E-state index in [2.05, 4.69) is 10.2 Å². The largest absolute Gasteiger partial charge is 0.387 e. The van der Waals surface area contributed by atoms with Gasteiger partial charge in [-0.2, -0.15) is 0 Å². The van der Waals surface area contributed by atoms with Crippen LogP contribution in [0.15, 0.2) is 24.3 Å². The summed E-state index contributed by atoms with van der Waals surface area (Å²) in [5.74, 6) is -0.508. The maximum Gasteiger partial charge on any atom is 0.224 e. The number of morpholine rings is 1. The number of carbonyl (C=O) groups is 1. The highest BCUT2D eigenvalue weighted by atomic mass is 19.1. The van der Waals surface area contributed by atoms with E-state index in [1.807, 2.05) is 0 Å². The molecule has 22 heavy (non-hydrogen) atoms. The number of carbonyl (C=O) groups excluding carboxylic acids is 1. The summed E-state index contributed by atoms with van der Waals surface area (Å²) in [6, 6.07) is 5.83. The van der Waals surface area contributed by atoms with Crippen LogP contribution >= 0.6 is 0 Å². The number of ether oxygens (including phenoxy) is 1. The third-order valence-corrected chi connectivity index (χ3v) is 3.61. The Hall–Kier alpha value is -1.50. The van der Waals surface area contributed by atoms with Crippen molar-refractivity contribution < 1.29 is 19.0 Å². The van der Waals surface area contributed by atoms with Crippen molar-refractivity contribution >= 4 is 5.91 Å². The highest BCUT2D eigenvalue weighted by Crippen LogP contribution is 2.08. The Kier molecular flexibility index (Phi) is 5.88. The maximum atomic E-state index is 12.8. The molecule has 1 atom stereocenters. The molecule has 0 spiro atoms. The number of nitrogens with one attached hydrogen (secondary N) is 1. The Bertz CT molecular complexity index is 485. The van der Waals surface area contributed by atoms with Crippen molar-refractivity contribution in [3.05, 3.63) is 35.6 Å². The molecule has 5 nitrogen and oxygen atoms in total. The molecule has 0 bridgehead atoms. The van der Waals surface area contributed by atoms with Crippen molar-refractivity contribution in [1.82, 2.24) is 10.2 Å². The van der Waals surface area contributed by atoms with E-state index in [-0.39, 0.29) is 24.7 Å². The average Bonchev–Trinajstić information content (AvgIpc) is 2.48. The number of aliphatic hydroxyl groups is 1. The Labute approximate surface area is 130 Å². The summed E-state index contributed by atoms with van der Waals surface area (Å²) >= 11 is 0. The second kappa shape index (κ2) is 7.67. The Balaban J connectivity index is 1.75.